The highest BCUT2D eigenvalue weighted by Crippen LogP contribution is 2.25. The standard InChI is InChI=1S/C19H25NO2S/c1-7-12-20(18(13-15(2)3)14-16(4)5)23(21,22)19-10-8-17(6)9-11-19/h1,8-11,18H,2,4,12-14H2,3,5-6H3. The van der Waals surface area contributed by atoms with Crippen molar-refractivity contribution in [1.29, 1.82) is 0 Å². The van der Waals surface area contributed by atoms with Crippen molar-refractivity contribution in [3.8, 4) is 12.3 Å². The Morgan fingerprint density at radius 1 is 1.17 bits per heavy atom. The second kappa shape index (κ2) is 8.14. The third-order valence-corrected chi connectivity index (χ3v) is 5.36. The normalized spacial score (nSPS) is 11.5. The maximum Gasteiger partial charge on any atom is 0.244 e. The summed E-state index contributed by atoms with van der Waals surface area (Å²) >= 11 is 0. The lowest BCUT2D eigenvalue weighted by atomic mass is 10.0. The Bertz CT molecular complexity index is 693. The summed E-state index contributed by atoms with van der Waals surface area (Å²) in [6.45, 7) is 13.5. The zero-order chi connectivity index (χ0) is 17.6. The molecule has 0 unspecified atom stereocenters. The van der Waals surface area contributed by atoms with Crippen molar-refractivity contribution in [2.45, 2.75) is 44.6 Å². The number of benzene rings is 1. The molecule has 0 atom stereocenters. The van der Waals surface area contributed by atoms with Crippen molar-refractivity contribution in [2.24, 2.45) is 0 Å². The number of rotatable bonds is 8. The second-order valence-electron chi connectivity index (χ2n) is 6.04. The van der Waals surface area contributed by atoms with Crippen molar-refractivity contribution in [2.75, 3.05) is 6.54 Å². The van der Waals surface area contributed by atoms with Crippen molar-refractivity contribution < 1.29 is 8.42 Å². The van der Waals surface area contributed by atoms with E-state index in [0.29, 0.717) is 12.8 Å². The fraction of sp³-hybridized carbons (Fsp3) is 0.368. The second-order valence-corrected chi connectivity index (χ2v) is 7.93. The summed E-state index contributed by atoms with van der Waals surface area (Å²) in [7, 11) is -3.66. The molecule has 0 aromatic heterocycles. The van der Waals surface area contributed by atoms with E-state index in [0.717, 1.165) is 16.7 Å². The predicted octanol–water partition coefficient (Wildman–Crippen LogP) is 3.92. The summed E-state index contributed by atoms with van der Waals surface area (Å²) in [5.41, 5.74) is 2.84. The van der Waals surface area contributed by atoms with Gasteiger partial charge in [0, 0.05) is 6.04 Å². The van der Waals surface area contributed by atoms with E-state index < -0.39 is 10.0 Å². The molecular weight excluding hydrogens is 306 g/mol. The minimum atomic E-state index is -3.66. The van der Waals surface area contributed by atoms with Gasteiger partial charge in [0.25, 0.3) is 0 Å². The van der Waals surface area contributed by atoms with Crippen LogP contribution >= 0.6 is 0 Å². The number of hydrogen-bond donors (Lipinski definition) is 0. The Hall–Kier alpha value is -1.83. The van der Waals surface area contributed by atoms with Gasteiger partial charge in [0.15, 0.2) is 0 Å². The van der Waals surface area contributed by atoms with Gasteiger partial charge in [0.1, 0.15) is 0 Å². The lowest BCUT2D eigenvalue weighted by molar-refractivity contribution is 0.341. The van der Waals surface area contributed by atoms with Gasteiger partial charge in [-0.15, -0.1) is 19.6 Å². The first-order valence-corrected chi connectivity index (χ1v) is 8.93. The summed E-state index contributed by atoms with van der Waals surface area (Å²) < 4.78 is 27.4. The Labute approximate surface area is 140 Å². The molecule has 0 spiro atoms. The molecule has 3 nitrogen and oxygen atoms in total. The van der Waals surface area contributed by atoms with Gasteiger partial charge >= 0.3 is 0 Å². The summed E-state index contributed by atoms with van der Waals surface area (Å²) in [6.07, 6.45) is 6.54. The smallest absolute Gasteiger partial charge is 0.207 e. The van der Waals surface area contributed by atoms with E-state index in [1.165, 1.54) is 4.31 Å². The molecule has 124 valence electrons. The number of nitrogens with zero attached hydrogens (tertiary/aromatic N) is 1. The van der Waals surface area contributed by atoms with Crippen molar-refractivity contribution >= 4 is 10.0 Å². The summed E-state index contributed by atoms with van der Waals surface area (Å²) in [4.78, 5) is 0.256. The van der Waals surface area contributed by atoms with E-state index in [9.17, 15) is 8.42 Å². The van der Waals surface area contributed by atoms with Gasteiger partial charge in [-0.3, -0.25) is 0 Å². The highest BCUT2D eigenvalue weighted by atomic mass is 32.2. The van der Waals surface area contributed by atoms with Crippen LogP contribution in [0.15, 0.2) is 53.5 Å². The quantitative estimate of drug-likeness (QED) is 0.535. The van der Waals surface area contributed by atoms with Gasteiger partial charge < -0.3 is 0 Å². The van der Waals surface area contributed by atoms with Crippen molar-refractivity contribution in [3.05, 3.63) is 54.1 Å². The molecule has 0 N–H and O–H groups in total. The molecule has 1 rings (SSSR count). The van der Waals surface area contributed by atoms with Crippen LogP contribution < -0.4 is 0 Å². The van der Waals surface area contributed by atoms with Crippen LogP contribution in [0.3, 0.4) is 0 Å². The molecule has 0 heterocycles. The first-order chi connectivity index (χ1) is 10.7. The largest absolute Gasteiger partial charge is 0.244 e. The molecule has 23 heavy (non-hydrogen) atoms. The van der Waals surface area contributed by atoms with Crippen molar-refractivity contribution in [1.82, 2.24) is 4.31 Å². The molecule has 0 bridgehead atoms. The molecule has 1 aromatic carbocycles. The highest BCUT2D eigenvalue weighted by Gasteiger charge is 2.30. The summed E-state index contributed by atoms with van der Waals surface area (Å²) in [6, 6.07) is 6.54. The number of hydrogen-bond acceptors (Lipinski definition) is 2. The molecule has 0 amide bonds. The molecule has 1 aromatic rings. The third-order valence-electron chi connectivity index (χ3n) is 3.45. The van der Waals surface area contributed by atoms with Crippen LogP contribution in [0.4, 0.5) is 0 Å². The van der Waals surface area contributed by atoms with Crippen LogP contribution in [-0.4, -0.2) is 25.3 Å². The van der Waals surface area contributed by atoms with Crippen LogP contribution in [0.2, 0.25) is 0 Å². The van der Waals surface area contributed by atoms with Crippen LogP contribution in [0, 0.1) is 19.3 Å². The monoisotopic (exact) mass is 331 g/mol. The van der Waals surface area contributed by atoms with E-state index in [2.05, 4.69) is 19.1 Å². The molecule has 4 heteroatoms. The minimum absolute atomic E-state index is 0.0292. The predicted molar refractivity (Wildman–Crippen MR) is 96.6 cm³/mol. The maximum absolute atomic E-state index is 13.0. The summed E-state index contributed by atoms with van der Waals surface area (Å²) in [5, 5.41) is 0. The molecule has 0 aliphatic heterocycles. The van der Waals surface area contributed by atoms with E-state index in [1.54, 1.807) is 24.3 Å². The van der Waals surface area contributed by atoms with Gasteiger partial charge in [0.05, 0.1) is 11.4 Å². The first-order valence-electron chi connectivity index (χ1n) is 7.49. The third kappa shape index (κ3) is 5.38. The average Bonchev–Trinajstić information content (AvgIpc) is 2.43. The average molecular weight is 331 g/mol. The fourth-order valence-electron chi connectivity index (χ4n) is 2.43. The Balaban J connectivity index is 3.29. The fourth-order valence-corrected chi connectivity index (χ4v) is 3.96. The number of terminal acetylenes is 1. The van der Waals surface area contributed by atoms with E-state index in [4.69, 9.17) is 6.42 Å². The van der Waals surface area contributed by atoms with Crippen molar-refractivity contribution in [3.63, 3.8) is 0 Å². The lowest BCUT2D eigenvalue weighted by Gasteiger charge is -2.30. The molecule has 0 radical (unpaired) electrons. The number of aryl methyl sites for hydroxylation is 1. The molecule has 0 saturated carbocycles. The zero-order valence-electron chi connectivity index (χ0n) is 14.2. The molecule has 0 aliphatic carbocycles. The molecule has 0 aliphatic rings. The van der Waals surface area contributed by atoms with Crippen LogP contribution in [0.5, 0.6) is 0 Å². The van der Waals surface area contributed by atoms with Gasteiger partial charge in [-0.05, 0) is 45.7 Å². The van der Waals surface area contributed by atoms with E-state index >= 15 is 0 Å². The Kier molecular flexibility index (Phi) is 6.80. The molecular formula is C19H25NO2S. The van der Waals surface area contributed by atoms with Gasteiger partial charge in [0.2, 0.25) is 10.0 Å². The van der Waals surface area contributed by atoms with Crippen LogP contribution in [0.25, 0.3) is 0 Å². The van der Waals surface area contributed by atoms with Gasteiger partial charge in [-0.25, -0.2) is 8.42 Å². The van der Waals surface area contributed by atoms with E-state index in [-0.39, 0.29) is 17.5 Å². The zero-order valence-corrected chi connectivity index (χ0v) is 15.0. The minimum Gasteiger partial charge on any atom is -0.207 e. The first kappa shape index (κ1) is 19.2. The SMILES string of the molecule is C#CCN(C(CC(=C)C)CC(=C)C)S(=O)(=O)c1ccc(C)cc1. The maximum atomic E-state index is 13.0. The van der Waals surface area contributed by atoms with Crippen LogP contribution in [-0.2, 0) is 10.0 Å². The molecule has 0 fully saturated rings. The van der Waals surface area contributed by atoms with E-state index in [1.807, 2.05) is 20.8 Å². The lowest BCUT2D eigenvalue weighted by Crippen LogP contribution is -2.41. The van der Waals surface area contributed by atoms with Crippen LogP contribution in [0.1, 0.15) is 32.3 Å². The summed E-state index contributed by atoms with van der Waals surface area (Å²) in [5.74, 6) is 2.47. The highest BCUT2D eigenvalue weighted by molar-refractivity contribution is 7.89. The number of sulfonamides is 1. The Morgan fingerprint density at radius 2 is 1.65 bits per heavy atom. The Morgan fingerprint density at radius 3 is 2.04 bits per heavy atom. The van der Waals surface area contributed by atoms with Gasteiger partial charge in [-0.1, -0.05) is 34.8 Å². The van der Waals surface area contributed by atoms with Gasteiger partial charge in [-0.2, -0.15) is 4.31 Å². The topological polar surface area (TPSA) is 37.4 Å². The molecule has 0 saturated heterocycles.